The third-order valence-electron chi connectivity index (χ3n) is 3.74. The summed E-state index contributed by atoms with van der Waals surface area (Å²) in [6.45, 7) is 4.04. The molecular weight excluding hydrogens is 325 g/mol. The van der Waals surface area contributed by atoms with E-state index in [1.807, 2.05) is 17.9 Å². The van der Waals surface area contributed by atoms with Gasteiger partial charge in [-0.3, -0.25) is 9.69 Å². The molecule has 1 fully saturated rings. The van der Waals surface area contributed by atoms with Crippen LogP contribution in [0.3, 0.4) is 0 Å². The van der Waals surface area contributed by atoms with Crippen LogP contribution < -0.4 is 10.6 Å². The van der Waals surface area contributed by atoms with E-state index in [1.165, 1.54) is 6.07 Å². The first kappa shape index (κ1) is 15.4. The van der Waals surface area contributed by atoms with Gasteiger partial charge >= 0.3 is 0 Å². The van der Waals surface area contributed by atoms with Crippen molar-refractivity contribution in [1.29, 1.82) is 0 Å². The highest BCUT2D eigenvalue weighted by Crippen LogP contribution is 2.27. The highest BCUT2D eigenvalue weighted by atomic mass is 79.9. The van der Waals surface area contributed by atoms with Crippen LogP contribution in [0.2, 0.25) is 0 Å². The summed E-state index contributed by atoms with van der Waals surface area (Å²) < 4.78 is 14.8. The summed E-state index contributed by atoms with van der Waals surface area (Å²) in [6.07, 6.45) is 0. The fraction of sp³-hybridized carbons (Fsp3) is 0.500. The largest absolute Gasteiger partial charge is 0.358 e. The highest BCUT2D eigenvalue weighted by Gasteiger charge is 2.32. The van der Waals surface area contributed by atoms with E-state index < -0.39 is 0 Å². The summed E-state index contributed by atoms with van der Waals surface area (Å²) in [5.41, 5.74) is 0.615. The summed E-state index contributed by atoms with van der Waals surface area (Å²) >= 11 is 3.26. The van der Waals surface area contributed by atoms with E-state index in [0.29, 0.717) is 16.6 Å². The Morgan fingerprint density at radius 2 is 2.35 bits per heavy atom. The summed E-state index contributed by atoms with van der Waals surface area (Å²) in [7, 11) is 1.62. The molecule has 0 spiro atoms. The standard InChI is InChI=1S/C14H19BrFN3O/c1-9(11-4-3-10(15)7-12(11)16)19-6-5-18-8-13(19)14(20)17-2/h3-4,7,9,13,18H,5-6,8H2,1-2H3,(H,17,20). The number of carbonyl (C=O) groups is 1. The first-order chi connectivity index (χ1) is 9.54. The molecule has 1 heterocycles. The molecule has 1 aliphatic rings. The van der Waals surface area contributed by atoms with Crippen molar-refractivity contribution in [2.24, 2.45) is 0 Å². The molecule has 1 saturated heterocycles. The van der Waals surface area contributed by atoms with E-state index in [4.69, 9.17) is 0 Å². The topological polar surface area (TPSA) is 44.4 Å². The van der Waals surface area contributed by atoms with Gasteiger partial charge in [-0.05, 0) is 19.1 Å². The lowest BCUT2D eigenvalue weighted by molar-refractivity contribution is -0.127. The Morgan fingerprint density at radius 1 is 1.60 bits per heavy atom. The molecule has 0 aromatic heterocycles. The molecule has 2 N–H and O–H groups in total. The van der Waals surface area contributed by atoms with Crippen LogP contribution in [0.25, 0.3) is 0 Å². The van der Waals surface area contributed by atoms with Gasteiger partial charge in [-0.25, -0.2) is 4.39 Å². The van der Waals surface area contributed by atoms with E-state index in [1.54, 1.807) is 13.1 Å². The van der Waals surface area contributed by atoms with Crippen LogP contribution in [0.15, 0.2) is 22.7 Å². The maximum absolute atomic E-state index is 14.1. The van der Waals surface area contributed by atoms with Crippen molar-refractivity contribution in [3.05, 3.63) is 34.1 Å². The van der Waals surface area contributed by atoms with E-state index in [0.717, 1.165) is 13.1 Å². The minimum Gasteiger partial charge on any atom is -0.358 e. The third-order valence-corrected chi connectivity index (χ3v) is 4.24. The maximum atomic E-state index is 14.1. The summed E-state index contributed by atoms with van der Waals surface area (Å²) in [4.78, 5) is 14.0. The normalized spacial score (nSPS) is 21.5. The molecule has 4 nitrogen and oxygen atoms in total. The lowest BCUT2D eigenvalue weighted by atomic mass is 10.0. The molecule has 1 aliphatic heterocycles. The molecule has 0 aliphatic carbocycles. The molecule has 2 unspecified atom stereocenters. The van der Waals surface area contributed by atoms with Gasteiger partial charge in [-0.15, -0.1) is 0 Å². The number of nitrogens with one attached hydrogen (secondary N) is 2. The Bertz CT molecular complexity index is 497. The van der Waals surface area contributed by atoms with Gasteiger partial charge in [-0.1, -0.05) is 22.0 Å². The Balaban J connectivity index is 2.25. The highest BCUT2D eigenvalue weighted by molar-refractivity contribution is 9.10. The molecular formula is C14H19BrFN3O. The van der Waals surface area contributed by atoms with Gasteiger partial charge in [0.15, 0.2) is 0 Å². The van der Waals surface area contributed by atoms with Crippen LogP contribution in [-0.2, 0) is 4.79 Å². The van der Waals surface area contributed by atoms with Gasteiger partial charge in [0.25, 0.3) is 0 Å². The van der Waals surface area contributed by atoms with Crippen LogP contribution in [0.4, 0.5) is 4.39 Å². The van der Waals surface area contributed by atoms with Crippen LogP contribution in [-0.4, -0.2) is 43.5 Å². The molecule has 0 saturated carbocycles. The van der Waals surface area contributed by atoms with Crippen molar-refractivity contribution in [2.75, 3.05) is 26.7 Å². The number of piperazine rings is 1. The number of nitrogens with zero attached hydrogens (tertiary/aromatic N) is 1. The molecule has 110 valence electrons. The Labute approximate surface area is 126 Å². The number of benzene rings is 1. The van der Waals surface area contributed by atoms with E-state index in [-0.39, 0.29) is 23.8 Å². The quantitative estimate of drug-likeness (QED) is 0.877. The number of rotatable bonds is 3. The maximum Gasteiger partial charge on any atom is 0.238 e. The minimum absolute atomic E-state index is 0.0402. The fourth-order valence-corrected chi connectivity index (χ4v) is 2.95. The zero-order valence-corrected chi connectivity index (χ0v) is 13.2. The first-order valence-corrected chi connectivity index (χ1v) is 7.47. The van der Waals surface area contributed by atoms with Gasteiger partial charge < -0.3 is 10.6 Å². The van der Waals surface area contributed by atoms with E-state index >= 15 is 0 Å². The lowest BCUT2D eigenvalue weighted by Crippen LogP contribution is -2.57. The predicted octanol–water partition coefficient (Wildman–Crippen LogP) is 1.67. The monoisotopic (exact) mass is 343 g/mol. The van der Waals surface area contributed by atoms with Gasteiger partial charge in [0.2, 0.25) is 5.91 Å². The second-order valence-electron chi connectivity index (χ2n) is 4.91. The van der Waals surface area contributed by atoms with Crippen LogP contribution >= 0.6 is 15.9 Å². The van der Waals surface area contributed by atoms with Crippen LogP contribution in [0.1, 0.15) is 18.5 Å². The Hall–Kier alpha value is -0.980. The first-order valence-electron chi connectivity index (χ1n) is 6.67. The van der Waals surface area contributed by atoms with Crippen molar-refractivity contribution in [1.82, 2.24) is 15.5 Å². The second kappa shape index (κ2) is 6.65. The van der Waals surface area contributed by atoms with Crippen molar-refractivity contribution >= 4 is 21.8 Å². The Morgan fingerprint density at radius 3 is 3.00 bits per heavy atom. The van der Waals surface area contributed by atoms with E-state index in [9.17, 15) is 9.18 Å². The fourth-order valence-electron chi connectivity index (χ4n) is 2.61. The lowest BCUT2D eigenvalue weighted by Gasteiger charge is -2.39. The van der Waals surface area contributed by atoms with Crippen molar-refractivity contribution in [3.8, 4) is 0 Å². The molecule has 0 radical (unpaired) electrons. The molecule has 0 bridgehead atoms. The SMILES string of the molecule is CNC(=O)C1CNCCN1C(C)c1ccc(Br)cc1F. The number of hydrogen-bond donors (Lipinski definition) is 2. The summed E-state index contributed by atoms with van der Waals surface area (Å²) in [5.74, 6) is -0.289. The molecule has 2 atom stereocenters. The molecule has 6 heteroatoms. The van der Waals surface area contributed by atoms with Crippen LogP contribution in [0, 0.1) is 5.82 Å². The van der Waals surface area contributed by atoms with Crippen LogP contribution in [0.5, 0.6) is 0 Å². The third kappa shape index (κ3) is 3.19. The van der Waals surface area contributed by atoms with Gasteiger partial charge in [0.05, 0.1) is 0 Å². The molecule has 20 heavy (non-hydrogen) atoms. The predicted molar refractivity (Wildman–Crippen MR) is 79.9 cm³/mol. The van der Waals surface area contributed by atoms with Gasteiger partial charge in [0, 0.05) is 42.8 Å². The van der Waals surface area contributed by atoms with Gasteiger partial charge in [-0.2, -0.15) is 0 Å². The average Bonchev–Trinajstić information content (AvgIpc) is 2.46. The molecule has 2 rings (SSSR count). The number of carbonyl (C=O) groups excluding carboxylic acids is 1. The van der Waals surface area contributed by atoms with Crippen molar-refractivity contribution < 1.29 is 9.18 Å². The summed E-state index contributed by atoms with van der Waals surface area (Å²) in [5, 5.41) is 5.88. The minimum atomic E-state index is -0.271. The molecule has 1 aromatic carbocycles. The van der Waals surface area contributed by atoms with E-state index in [2.05, 4.69) is 26.6 Å². The van der Waals surface area contributed by atoms with Crippen molar-refractivity contribution in [2.45, 2.75) is 19.0 Å². The zero-order valence-electron chi connectivity index (χ0n) is 11.6. The molecule has 1 aromatic rings. The number of likely N-dealkylation sites (N-methyl/N-ethyl adjacent to an activating group) is 1. The number of amides is 1. The van der Waals surface area contributed by atoms with Gasteiger partial charge in [0.1, 0.15) is 11.9 Å². The zero-order chi connectivity index (χ0) is 14.7. The number of hydrogen-bond acceptors (Lipinski definition) is 3. The van der Waals surface area contributed by atoms with Crippen molar-refractivity contribution in [3.63, 3.8) is 0 Å². The molecule has 1 amide bonds. The Kier molecular flexibility index (Phi) is 5.12. The second-order valence-corrected chi connectivity index (χ2v) is 5.83. The number of halogens is 2. The summed E-state index contributed by atoms with van der Waals surface area (Å²) in [6, 6.07) is 4.64. The average molecular weight is 344 g/mol. The smallest absolute Gasteiger partial charge is 0.238 e.